The van der Waals surface area contributed by atoms with Crippen LogP contribution >= 0.6 is 0 Å². The van der Waals surface area contributed by atoms with Crippen LogP contribution in [0.5, 0.6) is 0 Å². The Morgan fingerprint density at radius 3 is 3.00 bits per heavy atom. The minimum absolute atomic E-state index is 0.560. The molecule has 1 aromatic heterocycles. The topological polar surface area (TPSA) is 77.1 Å². The number of nitriles is 1. The lowest BCUT2D eigenvalue weighted by Crippen LogP contribution is -2.30. The first-order valence-corrected chi connectivity index (χ1v) is 2.98. The highest BCUT2D eigenvalue weighted by molar-refractivity contribution is 6.58. The Morgan fingerprint density at radius 2 is 2.50 bits per heavy atom. The zero-order valence-corrected chi connectivity index (χ0v) is 5.87. The maximum atomic E-state index is 8.99. The van der Waals surface area contributed by atoms with Gasteiger partial charge in [-0.15, -0.1) is 0 Å². The molecule has 0 unspecified atom stereocenters. The number of nitrogens with zero attached hydrogens (tertiary/aromatic N) is 2. The van der Waals surface area contributed by atoms with Crippen molar-refractivity contribution in [2.75, 3.05) is 0 Å². The molecule has 0 saturated carbocycles. The third-order valence-electron chi connectivity index (χ3n) is 1.09. The quantitative estimate of drug-likeness (QED) is 0.522. The summed E-state index contributed by atoms with van der Waals surface area (Å²) in [5.74, 6) is 0. The van der Waals surface area contributed by atoms with Gasteiger partial charge in [0.1, 0.15) is 11.8 Å². The molecule has 0 aliphatic rings. The van der Waals surface area contributed by atoms with E-state index in [-0.39, 0.29) is 0 Å². The van der Waals surface area contributed by atoms with Gasteiger partial charge in [-0.05, 0) is 24.4 Å². The molecule has 0 aromatic carbocycles. The van der Waals surface area contributed by atoms with E-state index >= 15 is 0 Å². The van der Waals surface area contributed by atoms with E-state index in [0.717, 1.165) is 0 Å². The zero-order chi connectivity index (χ0) is 13.4. The standard InChI is InChI=1S/C7H7BN2O2/c1-5-2-6(8(11)12)3-7(4-9)10-5/h2-3,11-12H,1H3/i1D3,2D,3D. The molecule has 0 saturated heterocycles. The van der Waals surface area contributed by atoms with Gasteiger partial charge in [0.2, 0.25) is 0 Å². The van der Waals surface area contributed by atoms with Gasteiger partial charge in [-0.1, -0.05) is 0 Å². The van der Waals surface area contributed by atoms with Gasteiger partial charge in [-0.2, -0.15) is 5.26 Å². The van der Waals surface area contributed by atoms with Crippen LogP contribution in [0.3, 0.4) is 0 Å². The predicted octanol–water partition coefficient (Wildman–Crippen LogP) is -1.06. The lowest BCUT2D eigenvalue weighted by molar-refractivity contribution is 0.425. The van der Waals surface area contributed by atoms with Crippen molar-refractivity contribution in [3.8, 4) is 6.07 Å². The molecular formula is C7H7BN2O2. The normalized spacial score (nSPS) is 16.2. The van der Waals surface area contributed by atoms with Gasteiger partial charge in [-0.3, -0.25) is 0 Å². The molecule has 4 nitrogen and oxygen atoms in total. The van der Waals surface area contributed by atoms with E-state index in [9.17, 15) is 0 Å². The molecule has 0 aliphatic heterocycles. The Balaban J connectivity index is 3.68. The first kappa shape index (κ1) is 4.03. The van der Waals surface area contributed by atoms with Gasteiger partial charge in [-0.25, -0.2) is 4.98 Å². The Kier molecular flexibility index (Phi) is 1.12. The molecule has 0 fully saturated rings. The molecule has 1 heterocycles. The van der Waals surface area contributed by atoms with Crippen molar-refractivity contribution in [1.29, 1.82) is 5.26 Å². The average molecular weight is 167 g/mol. The molecule has 0 radical (unpaired) electrons. The molecule has 1 rings (SSSR count). The molecule has 5 heteroatoms. The molecule has 0 spiro atoms. The van der Waals surface area contributed by atoms with E-state index in [1.54, 1.807) is 0 Å². The van der Waals surface area contributed by atoms with E-state index in [0.29, 0.717) is 0 Å². The Morgan fingerprint density at radius 1 is 1.75 bits per heavy atom. The number of hydrogen-bond acceptors (Lipinski definition) is 4. The molecule has 60 valence electrons. The van der Waals surface area contributed by atoms with Crippen LogP contribution in [0.1, 0.15) is 18.2 Å². The van der Waals surface area contributed by atoms with Crippen molar-refractivity contribution < 1.29 is 16.9 Å². The van der Waals surface area contributed by atoms with Crippen molar-refractivity contribution in [1.82, 2.24) is 4.98 Å². The van der Waals surface area contributed by atoms with Crippen molar-refractivity contribution in [2.45, 2.75) is 6.85 Å². The van der Waals surface area contributed by atoms with Crippen molar-refractivity contribution >= 4 is 12.6 Å². The van der Waals surface area contributed by atoms with E-state index in [2.05, 4.69) is 4.98 Å². The van der Waals surface area contributed by atoms with E-state index in [1.165, 1.54) is 6.07 Å². The third kappa shape index (κ3) is 1.81. The highest BCUT2D eigenvalue weighted by Crippen LogP contribution is 1.94. The van der Waals surface area contributed by atoms with E-state index < -0.39 is 42.9 Å². The van der Waals surface area contributed by atoms with Gasteiger partial charge in [0.15, 0.2) is 0 Å². The van der Waals surface area contributed by atoms with Gasteiger partial charge in [0.25, 0.3) is 0 Å². The van der Waals surface area contributed by atoms with E-state index in [1.807, 2.05) is 0 Å². The lowest BCUT2D eigenvalue weighted by Gasteiger charge is -2.00. The van der Waals surface area contributed by atoms with Crippen LogP contribution in [0.25, 0.3) is 0 Å². The average Bonchev–Trinajstić information content (AvgIpc) is 2.15. The fourth-order valence-corrected chi connectivity index (χ4v) is 0.636. The second kappa shape index (κ2) is 3.35. The number of aryl methyl sites for hydroxylation is 1. The Bertz CT molecular complexity index is 497. The van der Waals surface area contributed by atoms with Crippen molar-refractivity contribution in [2.24, 2.45) is 0 Å². The summed E-state index contributed by atoms with van der Waals surface area (Å²) in [6, 6.07) is 0.0636. The summed E-state index contributed by atoms with van der Waals surface area (Å²) in [5, 5.41) is 26.6. The molecule has 0 amide bonds. The van der Waals surface area contributed by atoms with Gasteiger partial charge >= 0.3 is 7.12 Å². The summed E-state index contributed by atoms with van der Waals surface area (Å²) in [6.07, 6.45) is 0. The SMILES string of the molecule is [2H]c1c(C#N)nc(C([2H])([2H])[2H])c([2H])c1B(O)O. The van der Waals surface area contributed by atoms with Gasteiger partial charge in [0.05, 0.1) is 2.74 Å². The maximum Gasteiger partial charge on any atom is 0.488 e. The number of rotatable bonds is 1. The monoisotopic (exact) mass is 167 g/mol. The fraction of sp³-hybridized carbons (Fsp3) is 0.143. The van der Waals surface area contributed by atoms with Gasteiger partial charge < -0.3 is 10.0 Å². The molecule has 0 aliphatic carbocycles. The van der Waals surface area contributed by atoms with Crippen LogP contribution in [0, 0.1) is 18.2 Å². The summed E-state index contributed by atoms with van der Waals surface area (Å²) in [7, 11) is -2.20. The van der Waals surface area contributed by atoms with E-state index in [4.69, 9.17) is 22.2 Å². The minimum Gasteiger partial charge on any atom is -0.423 e. The molecular weight excluding hydrogens is 155 g/mol. The van der Waals surface area contributed by atoms with Crippen LogP contribution in [0.4, 0.5) is 0 Å². The highest BCUT2D eigenvalue weighted by atomic mass is 16.4. The largest absolute Gasteiger partial charge is 0.488 e. The van der Waals surface area contributed by atoms with Crippen LogP contribution in [0.15, 0.2) is 12.1 Å². The molecule has 12 heavy (non-hydrogen) atoms. The minimum atomic E-state index is -2.76. The highest BCUT2D eigenvalue weighted by Gasteiger charge is 2.12. The Labute approximate surface area is 77.3 Å². The molecule has 1 aromatic rings. The summed E-state index contributed by atoms with van der Waals surface area (Å²) >= 11 is 0. The molecule has 0 bridgehead atoms. The Hall–Kier alpha value is -1.38. The third-order valence-corrected chi connectivity index (χ3v) is 1.09. The molecule has 2 N–H and O–H groups in total. The second-order valence-corrected chi connectivity index (χ2v) is 1.96. The van der Waals surface area contributed by atoms with Crippen molar-refractivity contribution in [3.05, 3.63) is 23.5 Å². The zero-order valence-electron chi connectivity index (χ0n) is 10.9. The molecule has 0 atom stereocenters. The maximum absolute atomic E-state index is 8.99. The summed E-state index contributed by atoms with van der Waals surface area (Å²) in [5.41, 5.74) is -1.92. The predicted molar refractivity (Wildman–Crippen MR) is 43.5 cm³/mol. The van der Waals surface area contributed by atoms with Gasteiger partial charge in [0, 0.05) is 9.81 Å². The number of hydrogen-bond donors (Lipinski definition) is 2. The summed E-state index contributed by atoms with van der Waals surface area (Å²) in [4.78, 5) is 3.38. The second-order valence-electron chi connectivity index (χ2n) is 1.96. The summed E-state index contributed by atoms with van der Waals surface area (Å²) in [6.45, 7) is -2.76. The summed E-state index contributed by atoms with van der Waals surface area (Å²) < 4.78 is 36.2. The van der Waals surface area contributed by atoms with Crippen LogP contribution in [0.2, 0.25) is 0 Å². The first-order valence-electron chi connectivity index (χ1n) is 5.48. The number of pyridine rings is 1. The van der Waals surface area contributed by atoms with Crippen molar-refractivity contribution in [3.63, 3.8) is 0 Å². The lowest BCUT2D eigenvalue weighted by atomic mass is 9.80. The first-order chi connectivity index (χ1) is 7.70. The number of aromatic nitrogens is 1. The van der Waals surface area contributed by atoms with Crippen LogP contribution in [-0.2, 0) is 0 Å². The smallest absolute Gasteiger partial charge is 0.423 e. The fourth-order valence-electron chi connectivity index (χ4n) is 0.636. The van der Waals surface area contributed by atoms with Crippen LogP contribution < -0.4 is 5.46 Å². The van der Waals surface area contributed by atoms with Crippen LogP contribution in [-0.4, -0.2) is 22.2 Å².